The molecule has 0 spiro atoms. The van der Waals surface area contributed by atoms with Crippen LogP contribution in [-0.4, -0.2) is 34.2 Å². The Morgan fingerprint density at radius 3 is 3.05 bits per heavy atom. The smallest absolute Gasteiger partial charge is 0.245 e. The van der Waals surface area contributed by atoms with Gasteiger partial charge in [0.1, 0.15) is 0 Å². The van der Waals surface area contributed by atoms with Crippen molar-refractivity contribution in [2.75, 3.05) is 18.5 Å². The van der Waals surface area contributed by atoms with E-state index in [2.05, 4.69) is 35.0 Å². The van der Waals surface area contributed by atoms with Gasteiger partial charge in [-0.25, -0.2) is 4.52 Å². The number of pyridine rings is 1. The molecule has 102 valence electrons. The van der Waals surface area contributed by atoms with Gasteiger partial charge >= 0.3 is 0 Å². The third kappa shape index (κ3) is 2.18. The van der Waals surface area contributed by atoms with Crippen LogP contribution in [0, 0.1) is 12.8 Å². The van der Waals surface area contributed by atoms with Gasteiger partial charge in [-0.05, 0) is 43.9 Å². The lowest BCUT2D eigenvalue weighted by Crippen LogP contribution is -2.38. The highest BCUT2D eigenvalue weighted by Crippen LogP contribution is 2.30. The van der Waals surface area contributed by atoms with Gasteiger partial charge in [0.25, 0.3) is 0 Å². The third-order valence-corrected chi connectivity index (χ3v) is 4.20. The van der Waals surface area contributed by atoms with Crippen molar-refractivity contribution in [1.82, 2.24) is 14.6 Å². The fraction of sp³-hybridized carbons (Fsp3) is 0.571. The summed E-state index contributed by atoms with van der Waals surface area (Å²) in [5.74, 6) is 1.37. The number of hydrogen-bond acceptors (Lipinski definition) is 4. The molecule has 5 heteroatoms. The Hall–Kier alpha value is -1.62. The maximum absolute atomic E-state index is 5.86. The van der Waals surface area contributed by atoms with Crippen LogP contribution < -0.4 is 10.6 Å². The highest BCUT2D eigenvalue weighted by Gasteiger charge is 2.31. The number of nitrogens with two attached hydrogens (primary N) is 1. The zero-order chi connectivity index (χ0) is 13.4. The molecule has 2 heterocycles. The Bertz CT molecular complexity index is 576. The van der Waals surface area contributed by atoms with E-state index in [0.29, 0.717) is 12.0 Å². The molecule has 1 aliphatic carbocycles. The lowest BCUT2D eigenvalue weighted by molar-refractivity contribution is 0.469. The number of aryl methyl sites for hydroxylation is 1. The molecule has 1 saturated carbocycles. The van der Waals surface area contributed by atoms with Crippen LogP contribution in [0.5, 0.6) is 0 Å². The first-order valence-corrected chi connectivity index (χ1v) is 6.95. The van der Waals surface area contributed by atoms with Crippen molar-refractivity contribution >= 4 is 11.6 Å². The normalized spacial score (nSPS) is 23.1. The molecule has 2 atom stereocenters. The van der Waals surface area contributed by atoms with Crippen molar-refractivity contribution in [3.8, 4) is 0 Å². The van der Waals surface area contributed by atoms with Crippen molar-refractivity contribution < 1.29 is 0 Å². The molecule has 3 rings (SSSR count). The summed E-state index contributed by atoms with van der Waals surface area (Å²) in [5, 5.41) is 4.58. The van der Waals surface area contributed by atoms with Gasteiger partial charge in [-0.3, -0.25) is 0 Å². The van der Waals surface area contributed by atoms with Crippen LogP contribution in [0.2, 0.25) is 0 Å². The maximum atomic E-state index is 5.86. The lowest BCUT2D eigenvalue weighted by atomic mass is 10.0. The first-order valence-electron chi connectivity index (χ1n) is 6.95. The van der Waals surface area contributed by atoms with Gasteiger partial charge in [0, 0.05) is 19.3 Å². The number of rotatable bonds is 3. The quantitative estimate of drug-likeness (QED) is 0.909. The molecule has 1 aliphatic rings. The van der Waals surface area contributed by atoms with E-state index in [1.807, 2.05) is 16.8 Å². The molecule has 0 bridgehead atoms. The third-order valence-electron chi connectivity index (χ3n) is 4.20. The molecule has 0 amide bonds. The Balaban J connectivity index is 1.90. The second-order valence-electron chi connectivity index (χ2n) is 5.53. The summed E-state index contributed by atoms with van der Waals surface area (Å²) in [7, 11) is 2.08. The van der Waals surface area contributed by atoms with Crippen molar-refractivity contribution in [3.63, 3.8) is 0 Å². The Labute approximate surface area is 113 Å². The number of hydrogen-bond donors (Lipinski definition) is 1. The Morgan fingerprint density at radius 1 is 1.42 bits per heavy atom. The Kier molecular flexibility index (Phi) is 3.14. The molecule has 1 fully saturated rings. The zero-order valence-electron chi connectivity index (χ0n) is 11.6. The van der Waals surface area contributed by atoms with Crippen LogP contribution in [0.3, 0.4) is 0 Å². The molecule has 0 aliphatic heterocycles. The fourth-order valence-corrected chi connectivity index (χ4v) is 3.07. The van der Waals surface area contributed by atoms with Gasteiger partial charge in [0.05, 0.1) is 0 Å². The summed E-state index contributed by atoms with van der Waals surface area (Å²) in [6, 6.07) is 4.55. The van der Waals surface area contributed by atoms with Gasteiger partial charge in [0.2, 0.25) is 5.95 Å². The molecular formula is C14H21N5. The maximum Gasteiger partial charge on any atom is 0.245 e. The molecular weight excluding hydrogens is 238 g/mol. The van der Waals surface area contributed by atoms with Crippen LogP contribution in [0.1, 0.15) is 24.8 Å². The summed E-state index contributed by atoms with van der Waals surface area (Å²) in [6.07, 6.45) is 5.67. The van der Waals surface area contributed by atoms with Crippen molar-refractivity contribution in [2.24, 2.45) is 11.7 Å². The van der Waals surface area contributed by atoms with Gasteiger partial charge < -0.3 is 10.6 Å². The van der Waals surface area contributed by atoms with E-state index in [4.69, 9.17) is 5.73 Å². The van der Waals surface area contributed by atoms with Crippen LogP contribution in [0.4, 0.5) is 5.95 Å². The summed E-state index contributed by atoms with van der Waals surface area (Å²) in [6.45, 7) is 2.81. The van der Waals surface area contributed by atoms with Crippen LogP contribution >= 0.6 is 0 Å². The highest BCUT2D eigenvalue weighted by molar-refractivity contribution is 5.45. The molecule has 0 aromatic carbocycles. The minimum Gasteiger partial charge on any atom is -0.339 e. The molecule has 2 N–H and O–H groups in total. The largest absolute Gasteiger partial charge is 0.339 e. The summed E-state index contributed by atoms with van der Waals surface area (Å²) in [4.78, 5) is 6.81. The van der Waals surface area contributed by atoms with E-state index in [-0.39, 0.29) is 0 Å². The minimum atomic E-state index is 0.475. The van der Waals surface area contributed by atoms with E-state index < -0.39 is 0 Å². The first-order chi connectivity index (χ1) is 9.19. The summed E-state index contributed by atoms with van der Waals surface area (Å²) < 4.78 is 1.85. The molecule has 2 aromatic rings. The molecule has 2 aromatic heterocycles. The average Bonchev–Trinajstić information content (AvgIpc) is 3.03. The molecule has 0 radical (unpaired) electrons. The van der Waals surface area contributed by atoms with E-state index in [0.717, 1.165) is 18.1 Å². The second kappa shape index (κ2) is 4.81. The average molecular weight is 259 g/mol. The van der Waals surface area contributed by atoms with E-state index in [9.17, 15) is 0 Å². The van der Waals surface area contributed by atoms with Crippen molar-refractivity contribution in [2.45, 2.75) is 32.2 Å². The zero-order valence-corrected chi connectivity index (χ0v) is 11.6. The highest BCUT2D eigenvalue weighted by atomic mass is 15.4. The fourth-order valence-electron chi connectivity index (χ4n) is 3.07. The lowest BCUT2D eigenvalue weighted by Gasteiger charge is -2.27. The summed E-state index contributed by atoms with van der Waals surface area (Å²) in [5.41, 5.74) is 7.95. The van der Waals surface area contributed by atoms with Crippen molar-refractivity contribution in [1.29, 1.82) is 0 Å². The SMILES string of the molecule is Cc1ccc2nc(N(C)C3CCCC3CN)nn2c1. The van der Waals surface area contributed by atoms with Gasteiger partial charge in [-0.1, -0.05) is 12.5 Å². The molecule has 0 saturated heterocycles. The van der Waals surface area contributed by atoms with E-state index in [1.165, 1.54) is 24.8 Å². The molecule has 19 heavy (non-hydrogen) atoms. The predicted octanol–water partition coefficient (Wildman–Crippen LogP) is 1.60. The van der Waals surface area contributed by atoms with Crippen LogP contribution in [0.15, 0.2) is 18.3 Å². The van der Waals surface area contributed by atoms with Crippen molar-refractivity contribution in [3.05, 3.63) is 23.9 Å². The van der Waals surface area contributed by atoms with E-state index in [1.54, 1.807) is 0 Å². The first kappa shape index (κ1) is 12.4. The van der Waals surface area contributed by atoms with Crippen LogP contribution in [0.25, 0.3) is 5.65 Å². The minimum absolute atomic E-state index is 0.475. The summed E-state index contributed by atoms with van der Waals surface area (Å²) >= 11 is 0. The second-order valence-corrected chi connectivity index (χ2v) is 5.53. The van der Waals surface area contributed by atoms with E-state index >= 15 is 0 Å². The topological polar surface area (TPSA) is 59.5 Å². The van der Waals surface area contributed by atoms with Gasteiger partial charge in [-0.2, -0.15) is 4.98 Å². The predicted molar refractivity (Wildman–Crippen MR) is 76.3 cm³/mol. The number of fused-ring (bicyclic) bond motifs is 1. The molecule has 5 nitrogen and oxygen atoms in total. The number of anilines is 1. The monoisotopic (exact) mass is 259 g/mol. The van der Waals surface area contributed by atoms with Gasteiger partial charge in [0.15, 0.2) is 5.65 Å². The molecule has 2 unspecified atom stereocenters. The number of aromatic nitrogens is 3. The van der Waals surface area contributed by atoms with Crippen LogP contribution in [-0.2, 0) is 0 Å². The van der Waals surface area contributed by atoms with Gasteiger partial charge in [-0.15, -0.1) is 5.10 Å². The Morgan fingerprint density at radius 2 is 2.26 bits per heavy atom. The number of nitrogens with zero attached hydrogens (tertiary/aromatic N) is 4. The standard InChI is InChI=1S/C14H21N5/c1-10-6-7-13-16-14(17-19(13)9-10)18(2)12-5-3-4-11(12)8-15/h6-7,9,11-12H,3-5,8,15H2,1-2H3.